The first kappa shape index (κ1) is 12.7. The Morgan fingerprint density at radius 3 is 2.72 bits per heavy atom. The Labute approximate surface area is 103 Å². The molecule has 0 aliphatic heterocycles. The zero-order valence-corrected chi connectivity index (χ0v) is 10.1. The zero-order chi connectivity index (χ0) is 13.3. The van der Waals surface area contributed by atoms with Crippen LogP contribution < -0.4 is 5.32 Å². The first-order chi connectivity index (χ1) is 8.52. The molecular weight excluding hydrogens is 243 g/mol. The molecule has 1 aromatic rings. The van der Waals surface area contributed by atoms with Crippen LogP contribution >= 0.6 is 0 Å². The SMILES string of the molecule is CNC1=C(F)CC(c2cnn(C)c2)C(C(F)F)=C1. The summed E-state index contributed by atoms with van der Waals surface area (Å²) in [5, 5.41) is 6.53. The minimum atomic E-state index is -2.60. The summed E-state index contributed by atoms with van der Waals surface area (Å²) in [5.41, 5.74) is 0.661. The molecule has 18 heavy (non-hydrogen) atoms. The summed E-state index contributed by atoms with van der Waals surface area (Å²) >= 11 is 0. The third-order valence-corrected chi connectivity index (χ3v) is 3.04. The molecule has 0 radical (unpaired) electrons. The second-order valence-corrected chi connectivity index (χ2v) is 4.22. The van der Waals surface area contributed by atoms with Gasteiger partial charge in [0.2, 0.25) is 0 Å². The standard InChI is InChI=1S/C12H14F3N3/c1-16-11-4-9(12(14)15)8(3-10(11)13)7-5-17-18(2)6-7/h4-6,8,12,16H,3H2,1-2H3. The molecule has 0 fully saturated rings. The second-order valence-electron chi connectivity index (χ2n) is 4.22. The molecule has 1 unspecified atom stereocenters. The van der Waals surface area contributed by atoms with Crippen molar-refractivity contribution in [3.8, 4) is 0 Å². The molecule has 1 aromatic heterocycles. The van der Waals surface area contributed by atoms with E-state index in [9.17, 15) is 13.2 Å². The van der Waals surface area contributed by atoms with Crippen molar-refractivity contribution in [2.24, 2.45) is 7.05 Å². The van der Waals surface area contributed by atoms with Crippen molar-refractivity contribution in [1.29, 1.82) is 0 Å². The Morgan fingerprint density at radius 1 is 1.50 bits per heavy atom. The van der Waals surface area contributed by atoms with Gasteiger partial charge in [-0.15, -0.1) is 0 Å². The van der Waals surface area contributed by atoms with Crippen LogP contribution in [-0.4, -0.2) is 23.3 Å². The Kier molecular flexibility index (Phi) is 3.45. The van der Waals surface area contributed by atoms with E-state index >= 15 is 0 Å². The molecule has 1 atom stereocenters. The molecule has 1 heterocycles. The van der Waals surface area contributed by atoms with E-state index in [2.05, 4.69) is 10.4 Å². The fourth-order valence-electron chi connectivity index (χ4n) is 2.11. The Hall–Kier alpha value is -1.72. The summed E-state index contributed by atoms with van der Waals surface area (Å²) < 4.78 is 41.3. The van der Waals surface area contributed by atoms with Crippen LogP contribution in [0.3, 0.4) is 0 Å². The van der Waals surface area contributed by atoms with Gasteiger partial charge in [-0.1, -0.05) is 0 Å². The molecule has 98 valence electrons. The average Bonchev–Trinajstić information content (AvgIpc) is 2.75. The molecule has 3 nitrogen and oxygen atoms in total. The molecule has 1 aliphatic carbocycles. The molecule has 0 saturated heterocycles. The van der Waals surface area contributed by atoms with Crippen LogP contribution in [0.1, 0.15) is 17.9 Å². The summed E-state index contributed by atoms with van der Waals surface area (Å²) in [6.45, 7) is 0. The number of hydrogen-bond acceptors (Lipinski definition) is 2. The highest BCUT2D eigenvalue weighted by Crippen LogP contribution is 2.39. The molecule has 1 aliphatic rings. The van der Waals surface area contributed by atoms with Crippen molar-refractivity contribution in [3.63, 3.8) is 0 Å². The van der Waals surface area contributed by atoms with E-state index in [1.165, 1.54) is 24.0 Å². The summed E-state index contributed by atoms with van der Waals surface area (Å²) in [5.74, 6) is -1.05. The van der Waals surface area contributed by atoms with Crippen LogP contribution in [-0.2, 0) is 7.05 Å². The van der Waals surface area contributed by atoms with Crippen molar-refractivity contribution in [2.45, 2.75) is 18.8 Å². The van der Waals surface area contributed by atoms with Gasteiger partial charge in [-0.25, -0.2) is 13.2 Å². The highest BCUT2D eigenvalue weighted by atomic mass is 19.3. The van der Waals surface area contributed by atoms with Crippen molar-refractivity contribution in [2.75, 3.05) is 7.05 Å². The Balaban J connectivity index is 2.38. The average molecular weight is 257 g/mol. The van der Waals surface area contributed by atoms with E-state index in [1.807, 2.05) is 0 Å². The van der Waals surface area contributed by atoms with Gasteiger partial charge in [0.15, 0.2) is 0 Å². The van der Waals surface area contributed by atoms with Gasteiger partial charge in [-0.05, 0) is 11.6 Å². The Bertz CT molecular complexity index is 502. The first-order valence-corrected chi connectivity index (χ1v) is 5.57. The number of nitrogens with one attached hydrogen (secondary N) is 1. The van der Waals surface area contributed by atoms with Crippen molar-refractivity contribution >= 4 is 0 Å². The fraction of sp³-hybridized carbons (Fsp3) is 0.417. The third-order valence-electron chi connectivity index (χ3n) is 3.04. The fourth-order valence-corrected chi connectivity index (χ4v) is 2.11. The molecule has 0 aromatic carbocycles. The maximum absolute atomic E-state index is 13.7. The quantitative estimate of drug-likeness (QED) is 0.901. The number of aryl methyl sites for hydroxylation is 1. The minimum absolute atomic E-state index is 0.0575. The zero-order valence-electron chi connectivity index (χ0n) is 10.1. The van der Waals surface area contributed by atoms with Crippen LogP contribution in [0.4, 0.5) is 13.2 Å². The van der Waals surface area contributed by atoms with E-state index in [4.69, 9.17) is 0 Å². The Morgan fingerprint density at radius 2 is 2.22 bits per heavy atom. The van der Waals surface area contributed by atoms with Crippen molar-refractivity contribution in [3.05, 3.63) is 41.1 Å². The predicted molar refractivity (Wildman–Crippen MR) is 61.8 cm³/mol. The maximum atomic E-state index is 13.7. The van der Waals surface area contributed by atoms with Gasteiger partial charge in [0.05, 0.1) is 11.9 Å². The lowest BCUT2D eigenvalue weighted by atomic mass is 9.85. The molecular formula is C12H14F3N3. The van der Waals surface area contributed by atoms with Crippen LogP contribution in [0, 0.1) is 0 Å². The predicted octanol–water partition coefficient (Wildman–Crippen LogP) is 2.50. The molecule has 0 spiro atoms. The first-order valence-electron chi connectivity index (χ1n) is 5.57. The highest BCUT2D eigenvalue weighted by molar-refractivity contribution is 5.39. The summed E-state index contributed by atoms with van der Waals surface area (Å²) in [4.78, 5) is 0. The van der Waals surface area contributed by atoms with Gasteiger partial charge in [-0.3, -0.25) is 4.68 Å². The largest absolute Gasteiger partial charge is 0.386 e. The summed E-state index contributed by atoms with van der Waals surface area (Å²) in [6, 6.07) is 0. The van der Waals surface area contributed by atoms with Crippen LogP contribution in [0.15, 0.2) is 35.6 Å². The van der Waals surface area contributed by atoms with E-state index in [-0.39, 0.29) is 17.7 Å². The number of allylic oxidation sites excluding steroid dienone is 3. The molecule has 0 bridgehead atoms. The lowest BCUT2D eigenvalue weighted by Crippen LogP contribution is -2.18. The number of nitrogens with zero attached hydrogens (tertiary/aromatic N) is 2. The number of hydrogen-bond donors (Lipinski definition) is 1. The number of rotatable bonds is 3. The van der Waals surface area contributed by atoms with Gasteiger partial charge >= 0.3 is 0 Å². The maximum Gasteiger partial charge on any atom is 0.260 e. The summed E-state index contributed by atoms with van der Waals surface area (Å²) in [6.07, 6.45) is 1.67. The van der Waals surface area contributed by atoms with Gasteiger partial charge in [0, 0.05) is 38.2 Å². The van der Waals surface area contributed by atoms with Crippen molar-refractivity contribution in [1.82, 2.24) is 15.1 Å². The van der Waals surface area contributed by atoms with Crippen LogP contribution in [0.5, 0.6) is 0 Å². The van der Waals surface area contributed by atoms with Crippen LogP contribution in [0.2, 0.25) is 0 Å². The van der Waals surface area contributed by atoms with Gasteiger partial charge in [-0.2, -0.15) is 5.10 Å². The highest BCUT2D eigenvalue weighted by Gasteiger charge is 2.30. The lowest BCUT2D eigenvalue weighted by Gasteiger charge is -2.23. The molecule has 1 N–H and O–H groups in total. The normalized spacial score (nSPS) is 20.3. The van der Waals surface area contributed by atoms with E-state index < -0.39 is 18.2 Å². The smallest absolute Gasteiger partial charge is 0.260 e. The number of likely N-dealkylation sites (N-methyl/N-ethyl adjacent to an activating group) is 1. The van der Waals surface area contributed by atoms with E-state index in [0.29, 0.717) is 5.56 Å². The lowest BCUT2D eigenvalue weighted by molar-refractivity contribution is 0.179. The topological polar surface area (TPSA) is 29.9 Å². The second kappa shape index (κ2) is 4.88. The van der Waals surface area contributed by atoms with Gasteiger partial charge in [0.25, 0.3) is 6.43 Å². The monoisotopic (exact) mass is 257 g/mol. The van der Waals surface area contributed by atoms with Crippen molar-refractivity contribution < 1.29 is 13.2 Å². The number of alkyl halides is 2. The number of halogens is 3. The van der Waals surface area contributed by atoms with E-state index in [1.54, 1.807) is 13.2 Å². The van der Waals surface area contributed by atoms with Gasteiger partial charge in [0.1, 0.15) is 5.83 Å². The third kappa shape index (κ3) is 2.27. The molecule has 6 heteroatoms. The number of aromatic nitrogens is 2. The van der Waals surface area contributed by atoms with E-state index in [0.717, 1.165) is 0 Å². The van der Waals surface area contributed by atoms with Gasteiger partial charge < -0.3 is 5.32 Å². The summed E-state index contributed by atoms with van der Waals surface area (Å²) in [7, 11) is 3.21. The molecule has 0 amide bonds. The molecule has 2 rings (SSSR count). The minimum Gasteiger partial charge on any atom is -0.386 e. The molecule has 0 saturated carbocycles. The van der Waals surface area contributed by atoms with Crippen LogP contribution in [0.25, 0.3) is 0 Å².